The number of Topliss-reactive ketones (excluding diaryl/α,β-unsaturated/α-hetero) is 4. The number of carboxylic acid groups (broad SMARTS) is 4. The normalized spacial score (nSPS) is 16.1. The summed E-state index contributed by atoms with van der Waals surface area (Å²) in [6, 6.07) is 0. The summed E-state index contributed by atoms with van der Waals surface area (Å²) in [6.07, 6.45) is 0.882. The first-order valence-corrected chi connectivity index (χ1v) is 31.4. The monoisotopic (exact) mass is 1290 g/mol. The van der Waals surface area contributed by atoms with Crippen LogP contribution in [0, 0.1) is 21.7 Å². The number of carbonyl (C=O) groups excluding carboxylic acids is 8. The molecule has 0 aromatic rings. The van der Waals surface area contributed by atoms with Gasteiger partial charge < -0.3 is 77.5 Å². The van der Waals surface area contributed by atoms with E-state index in [1.165, 1.54) is 0 Å². The smallest absolute Gasteiger partial charge is 0.549 e. The first kappa shape index (κ1) is 90.9. The molecule has 0 aromatic heterocycles. The number of hydrogen-bond donors (Lipinski definition) is 0. The summed E-state index contributed by atoms with van der Waals surface area (Å²) in [6.45, 7) is 43.4. The molecule has 0 amide bonds. The quantitative estimate of drug-likeness (QED) is 0.0409. The van der Waals surface area contributed by atoms with Crippen molar-refractivity contribution in [2.45, 2.75) is 343 Å². The fraction of sp³-hybridized carbons (Fsp3) is 0.875. The third-order valence-electron chi connectivity index (χ3n) is 16.6. The molecule has 0 rings (SSSR count). The first-order valence-electron chi connectivity index (χ1n) is 31.4. The molecule has 0 aliphatic rings. The van der Waals surface area contributed by atoms with Gasteiger partial charge in [-0.05, 0) is 158 Å². The number of ketones is 4. The van der Waals surface area contributed by atoms with Crippen molar-refractivity contribution >= 4 is 47.0 Å². The molecule has 85 heavy (non-hydrogen) atoms. The van der Waals surface area contributed by atoms with Crippen LogP contribution in [0.25, 0.3) is 0 Å². The molecule has 0 aromatic carbocycles. The first-order chi connectivity index (χ1) is 39.1. The fourth-order valence-electron chi connectivity index (χ4n) is 7.93. The number of carboxylic acids is 4. The Morgan fingerprint density at radius 3 is 0.400 bits per heavy atom. The van der Waals surface area contributed by atoms with E-state index in [1.807, 2.05) is 111 Å². The zero-order chi connectivity index (χ0) is 66.5. The maximum Gasteiger partial charge on any atom is 4.00 e. The van der Waals surface area contributed by atoms with Gasteiger partial charge in [0.05, 0.1) is 94.4 Å². The molecule has 21 heteroatoms. The Labute approximate surface area is 531 Å². The summed E-state index contributed by atoms with van der Waals surface area (Å²) >= 11 is 0. The van der Waals surface area contributed by atoms with Crippen molar-refractivity contribution in [2.24, 2.45) is 21.7 Å². The van der Waals surface area contributed by atoms with Gasteiger partial charge in [0.25, 0.3) is 0 Å². The standard InChI is InChI=1S/4C16H30O5.Zr/c4*1-7-11(5)20-14(21-12(6)8-2)13(17)16(9-3,10-4)15(18)19;/h4*11-12,14H,7-10H2,1-6H3,(H,18,19);/q;;;;+4/p-4. The van der Waals surface area contributed by atoms with Gasteiger partial charge in [0.2, 0.25) is 25.2 Å². The maximum atomic E-state index is 12.7. The molecule has 20 nitrogen and oxygen atoms in total. The largest absolute Gasteiger partial charge is 4.00 e. The van der Waals surface area contributed by atoms with Crippen LogP contribution in [0.4, 0.5) is 0 Å². The van der Waals surface area contributed by atoms with E-state index < -0.39 is 93.8 Å². The topological polar surface area (TPSA) is 303 Å². The van der Waals surface area contributed by atoms with Crippen molar-refractivity contribution < 1.29 is 123 Å². The maximum absolute atomic E-state index is 12.7. The van der Waals surface area contributed by atoms with Crippen LogP contribution >= 0.6 is 0 Å². The SMILES string of the molecule is CCC(C)OC(OC(C)CC)C(=O)C(CC)(CC)C(=O)[O-].CCC(C)OC(OC(C)CC)C(=O)C(CC)(CC)C(=O)[O-].CCC(C)OC(OC(C)CC)C(=O)C(CC)(CC)C(=O)[O-].CCC(C)OC(OC(C)CC)C(=O)C(CC)(CC)C(=O)[O-].[Zr+4]. The van der Waals surface area contributed by atoms with Crippen molar-refractivity contribution in [3.8, 4) is 0 Å². The van der Waals surface area contributed by atoms with E-state index in [4.69, 9.17) is 37.9 Å². The molecule has 0 aliphatic heterocycles. The van der Waals surface area contributed by atoms with Gasteiger partial charge in [0.1, 0.15) is 0 Å². The van der Waals surface area contributed by atoms with Crippen LogP contribution in [0.5, 0.6) is 0 Å². The van der Waals surface area contributed by atoms with Crippen LogP contribution in [-0.2, 0) is 102 Å². The predicted octanol–water partition coefficient (Wildman–Crippen LogP) is 8.27. The van der Waals surface area contributed by atoms with E-state index in [9.17, 15) is 58.8 Å². The Hall–Kier alpha value is -2.88. The number of aliphatic carboxylic acids is 4. The molecule has 0 saturated carbocycles. The van der Waals surface area contributed by atoms with Gasteiger partial charge in [-0.15, -0.1) is 0 Å². The van der Waals surface area contributed by atoms with Gasteiger partial charge in [-0.25, -0.2) is 0 Å². The van der Waals surface area contributed by atoms with Crippen LogP contribution in [0.1, 0.15) is 269 Å². The Morgan fingerprint density at radius 2 is 0.341 bits per heavy atom. The van der Waals surface area contributed by atoms with Crippen molar-refractivity contribution in [3.63, 3.8) is 0 Å². The van der Waals surface area contributed by atoms with E-state index in [1.54, 1.807) is 55.4 Å². The Morgan fingerprint density at radius 1 is 0.247 bits per heavy atom. The molecule has 0 fully saturated rings. The van der Waals surface area contributed by atoms with Crippen molar-refractivity contribution in [1.29, 1.82) is 0 Å². The van der Waals surface area contributed by atoms with E-state index >= 15 is 0 Å². The van der Waals surface area contributed by atoms with Crippen LogP contribution in [0.15, 0.2) is 0 Å². The van der Waals surface area contributed by atoms with Crippen molar-refractivity contribution in [3.05, 3.63) is 0 Å². The van der Waals surface area contributed by atoms with Crippen LogP contribution in [-0.4, -0.2) is 121 Å². The van der Waals surface area contributed by atoms with Crippen molar-refractivity contribution in [1.82, 2.24) is 0 Å². The van der Waals surface area contributed by atoms with E-state index in [-0.39, 0.29) is 126 Å². The second-order valence-electron chi connectivity index (χ2n) is 21.9. The molecule has 0 heterocycles. The Bertz CT molecular complexity index is 1570. The third-order valence-corrected chi connectivity index (χ3v) is 16.6. The summed E-state index contributed by atoms with van der Waals surface area (Å²) in [5.74, 6) is -7.63. The number of ether oxygens (including phenoxy) is 8. The van der Waals surface area contributed by atoms with Crippen molar-refractivity contribution in [2.75, 3.05) is 0 Å². The average Bonchev–Trinajstić information content (AvgIpc) is 3.47. The Kier molecular flexibility index (Phi) is 50.4. The molecular weight excluding hydrogens is 1180 g/mol. The summed E-state index contributed by atoms with van der Waals surface area (Å²) < 4.78 is 45.0. The van der Waals surface area contributed by atoms with Gasteiger partial charge in [-0.2, -0.15) is 0 Å². The van der Waals surface area contributed by atoms with E-state index in [2.05, 4.69) is 0 Å². The van der Waals surface area contributed by atoms with Crippen LogP contribution in [0.2, 0.25) is 0 Å². The van der Waals surface area contributed by atoms with Gasteiger partial charge in [0, 0.05) is 0 Å². The molecule has 8 unspecified atom stereocenters. The zero-order valence-electron chi connectivity index (χ0n) is 56.9. The summed E-state index contributed by atoms with van der Waals surface area (Å²) in [4.78, 5) is 96.8. The second kappa shape index (κ2) is 47.1. The molecule has 0 saturated heterocycles. The molecule has 0 aliphatic carbocycles. The van der Waals surface area contributed by atoms with Crippen LogP contribution in [0.3, 0.4) is 0 Å². The third kappa shape index (κ3) is 28.7. The van der Waals surface area contributed by atoms with E-state index in [0.717, 1.165) is 0 Å². The predicted molar refractivity (Wildman–Crippen MR) is 314 cm³/mol. The second-order valence-corrected chi connectivity index (χ2v) is 21.9. The summed E-state index contributed by atoms with van der Waals surface area (Å²) in [7, 11) is 0. The molecule has 0 spiro atoms. The number of rotatable bonds is 44. The molecule has 0 radical (unpaired) electrons. The fourth-order valence-corrected chi connectivity index (χ4v) is 7.93. The van der Waals surface area contributed by atoms with Gasteiger partial charge in [-0.1, -0.05) is 111 Å². The minimum absolute atomic E-state index is 0. The molecule has 0 bridgehead atoms. The minimum atomic E-state index is -1.55. The summed E-state index contributed by atoms with van der Waals surface area (Å²) in [5.41, 5.74) is -6.20. The summed E-state index contributed by atoms with van der Waals surface area (Å²) in [5, 5.41) is 46.0. The van der Waals surface area contributed by atoms with Crippen LogP contribution < -0.4 is 20.4 Å². The zero-order valence-corrected chi connectivity index (χ0v) is 59.4. The van der Waals surface area contributed by atoms with Gasteiger partial charge >= 0.3 is 26.2 Å². The molecule has 8 atom stereocenters. The minimum Gasteiger partial charge on any atom is -0.549 e. The average molecular weight is 1300 g/mol. The van der Waals surface area contributed by atoms with Gasteiger partial charge in [0.15, 0.2) is 23.1 Å². The molecule has 496 valence electrons. The van der Waals surface area contributed by atoms with Gasteiger partial charge in [-0.3, -0.25) is 19.2 Å². The number of hydrogen-bond acceptors (Lipinski definition) is 20. The number of carbonyl (C=O) groups is 8. The Balaban J connectivity index is -0.000000333. The molecule has 0 N–H and O–H groups in total. The van der Waals surface area contributed by atoms with E-state index in [0.29, 0.717) is 51.4 Å². The molecular formula is C64H116O20Zr.